The topological polar surface area (TPSA) is 68.0 Å². The predicted octanol–water partition coefficient (Wildman–Crippen LogP) is 3.28. The highest BCUT2D eigenvalue weighted by atomic mass is 32.2. The molecule has 0 aliphatic heterocycles. The maximum atomic E-state index is 12.4. The number of carbonyl (C=O) groups is 1. The summed E-state index contributed by atoms with van der Waals surface area (Å²) in [6.45, 7) is 2.19. The summed E-state index contributed by atoms with van der Waals surface area (Å²) in [6.07, 6.45) is 3.37. The number of aromatic nitrogens is 1. The Labute approximate surface area is 132 Å². The van der Waals surface area contributed by atoms with Crippen LogP contribution in [0, 0.1) is 0 Å². The van der Waals surface area contributed by atoms with Crippen LogP contribution < -0.4 is 11.1 Å². The number of hydrogen-bond acceptors (Lipinski definition) is 5. The van der Waals surface area contributed by atoms with E-state index in [1.165, 1.54) is 17.8 Å². The summed E-state index contributed by atoms with van der Waals surface area (Å²) in [5.41, 5.74) is 7.25. The van der Waals surface area contributed by atoms with E-state index in [0.29, 0.717) is 22.0 Å². The lowest BCUT2D eigenvalue weighted by atomic mass is 10.1. The molecule has 0 radical (unpaired) electrons. The Balaban J connectivity index is 1.66. The summed E-state index contributed by atoms with van der Waals surface area (Å²) in [4.78, 5) is 16.6. The van der Waals surface area contributed by atoms with Crippen LogP contribution in [0.5, 0.6) is 0 Å². The van der Waals surface area contributed by atoms with Gasteiger partial charge in [-0.15, -0.1) is 0 Å². The smallest absolute Gasteiger partial charge is 0.251 e. The maximum absolute atomic E-state index is 12.4. The number of nitrogens with zero attached hydrogens (tertiary/aromatic N) is 1. The highest BCUT2D eigenvalue weighted by Crippen LogP contribution is 2.30. The van der Waals surface area contributed by atoms with E-state index in [2.05, 4.69) is 17.2 Å². The summed E-state index contributed by atoms with van der Waals surface area (Å²) in [5.74, 6) is 1.16. The zero-order chi connectivity index (χ0) is 14.8. The average molecular weight is 321 g/mol. The van der Waals surface area contributed by atoms with Crippen molar-refractivity contribution in [3.63, 3.8) is 0 Å². The molecule has 6 heteroatoms. The molecule has 0 bridgehead atoms. The number of thiazole rings is 1. The van der Waals surface area contributed by atoms with Crippen molar-refractivity contribution in [1.82, 2.24) is 10.3 Å². The van der Waals surface area contributed by atoms with Crippen molar-refractivity contribution in [2.45, 2.75) is 37.5 Å². The molecule has 0 saturated heterocycles. The molecule has 21 heavy (non-hydrogen) atoms. The molecule has 2 atom stereocenters. The van der Waals surface area contributed by atoms with E-state index in [1.807, 2.05) is 30.0 Å². The molecule has 1 aromatic heterocycles. The van der Waals surface area contributed by atoms with Crippen molar-refractivity contribution in [2.75, 3.05) is 11.5 Å². The summed E-state index contributed by atoms with van der Waals surface area (Å²) < 4.78 is 0.964. The van der Waals surface area contributed by atoms with Crippen LogP contribution in [0.4, 0.5) is 5.13 Å². The van der Waals surface area contributed by atoms with Gasteiger partial charge < -0.3 is 11.1 Å². The largest absolute Gasteiger partial charge is 0.375 e. The highest BCUT2D eigenvalue weighted by molar-refractivity contribution is 7.99. The number of thioether (sulfide) groups is 1. The molecule has 112 valence electrons. The quantitative estimate of drug-likeness (QED) is 0.907. The number of carbonyl (C=O) groups excluding carboxylic acids is 1. The van der Waals surface area contributed by atoms with Crippen molar-refractivity contribution in [2.24, 2.45) is 0 Å². The lowest BCUT2D eigenvalue weighted by molar-refractivity contribution is 0.0938. The van der Waals surface area contributed by atoms with Gasteiger partial charge in [0.2, 0.25) is 0 Å². The van der Waals surface area contributed by atoms with Crippen LogP contribution in [0.1, 0.15) is 36.5 Å². The van der Waals surface area contributed by atoms with Gasteiger partial charge in [-0.05, 0) is 43.2 Å². The summed E-state index contributed by atoms with van der Waals surface area (Å²) in [7, 11) is 0. The third kappa shape index (κ3) is 3.32. The molecular formula is C15H19N3OS2. The average Bonchev–Trinajstić information content (AvgIpc) is 3.03. The van der Waals surface area contributed by atoms with Crippen LogP contribution in [0.3, 0.4) is 0 Å². The lowest BCUT2D eigenvalue weighted by Gasteiger charge is -2.13. The molecule has 1 aliphatic rings. The molecular weight excluding hydrogens is 302 g/mol. The highest BCUT2D eigenvalue weighted by Gasteiger charge is 2.26. The number of anilines is 1. The Morgan fingerprint density at radius 3 is 3.19 bits per heavy atom. The van der Waals surface area contributed by atoms with E-state index in [0.717, 1.165) is 28.8 Å². The molecule has 2 aromatic rings. The van der Waals surface area contributed by atoms with Crippen molar-refractivity contribution in [3.05, 3.63) is 23.8 Å². The summed E-state index contributed by atoms with van der Waals surface area (Å²) >= 11 is 3.42. The van der Waals surface area contributed by atoms with Gasteiger partial charge in [-0.25, -0.2) is 4.98 Å². The van der Waals surface area contributed by atoms with Gasteiger partial charge in [-0.3, -0.25) is 4.79 Å². The molecule has 1 fully saturated rings. The Bertz CT molecular complexity index is 655. The zero-order valence-corrected chi connectivity index (χ0v) is 13.6. The van der Waals surface area contributed by atoms with Gasteiger partial charge in [0.05, 0.1) is 10.2 Å². The van der Waals surface area contributed by atoms with Gasteiger partial charge in [0.1, 0.15) is 0 Å². The van der Waals surface area contributed by atoms with Crippen LogP contribution >= 0.6 is 23.1 Å². The molecule has 1 saturated carbocycles. The second kappa shape index (κ2) is 6.23. The fourth-order valence-corrected chi connectivity index (χ4v) is 4.73. The standard InChI is InChI=1S/C15H19N3OS2/c1-2-20-11-5-4-10(8-11)17-14(19)9-3-6-12-13(7-9)21-15(16)18-12/h3,6-7,10-11H,2,4-5,8H2,1H3,(H2,16,18)(H,17,19). The van der Waals surface area contributed by atoms with Gasteiger partial charge in [0.25, 0.3) is 5.91 Å². The first-order valence-electron chi connectivity index (χ1n) is 7.24. The number of fused-ring (bicyclic) bond motifs is 1. The molecule has 3 N–H and O–H groups in total. The van der Waals surface area contributed by atoms with Gasteiger partial charge in [-0.1, -0.05) is 18.3 Å². The van der Waals surface area contributed by atoms with Gasteiger partial charge >= 0.3 is 0 Å². The van der Waals surface area contributed by atoms with E-state index in [4.69, 9.17) is 5.73 Å². The van der Waals surface area contributed by atoms with Crippen LogP contribution in [0.15, 0.2) is 18.2 Å². The Kier molecular flexibility index (Phi) is 4.35. The fourth-order valence-electron chi connectivity index (χ4n) is 2.81. The van der Waals surface area contributed by atoms with Crippen molar-refractivity contribution in [1.29, 1.82) is 0 Å². The number of amides is 1. The van der Waals surface area contributed by atoms with Crippen molar-refractivity contribution in [3.8, 4) is 0 Å². The normalized spacial score (nSPS) is 21.8. The number of nitrogen functional groups attached to an aromatic ring is 1. The van der Waals surface area contributed by atoms with Crippen LogP contribution in [-0.2, 0) is 0 Å². The second-order valence-electron chi connectivity index (χ2n) is 5.30. The zero-order valence-electron chi connectivity index (χ0n) is 12.0. The Morgan fingerprint density at radius 2 is 2.38 bits per heavy atom. The summed E-state index contributed by atoms with van der Waals surface area (Å²) in [6, 6.07) is 5.88. The second-order valence-corrected chi connectivity index (χ2v) is 7.93. The molecule has 1 aliphatic carbocycles. The van der Waals surface area contributed by atoms with Gasteiger partial charge in [0, 0.05) is 16.9 Å². The first kappa shape index (κ1) is 14.7. The van der Waals surface area contributed by atoms with E-state index in [1.54, 1.807) is 0 Å². The molecule has 1 heterocycles. The van der Waals surface area contributed by atoms with Crippen molar-refractivity contribution >= 4 is 44.4 Å². The molecule has 2 unspecified atom stereocenters. The van der Waals surface area contributed by atoms with E-state index < -0.39 is 0 Å². The maximum Gasteiger partial charge on any atom is 0.251 e. The summed E-state index contributed by atoms with van der Waals surface area (Å²) in [5, 5.41) is 4.39. The first-order valence-corrected chi connectivity index (χ1v) is 9.10. The molecule has 4 nitrogen and oxygen atoms in total. The van der Waals surface area contributed by atoms with Crippen LogP contribution in [0.25, 0.3) is 10.2 Å². The van der Waals surface area contributed by atoms with E-state index in [-0.39, 0.29) is 5.91 Å². The van der Waals surface area contributed by atoms with E-state index >= 15 is 0 Å². The fraction of sp³-hybridized carbons (Fsp3) is 0.467. The SMILES string of the molecule is CCSC1CCC(NC(=O)c2ccc3nc(N)sc3c2)C1. The van der Waals surface area contributed by atoms with Crippen molar-refractivity contribution < 1.29 is 4.79 Å². The number of nitrogens with one attached hydrogen (secondary N) is 1. The minimum atomic E-state index is 0.0102. The third-order valence-electron chi connectivity index (χ3n) is 3.79. The van der Waals surface area contributed by atoms with Gasteiger partial charge in [0.15, 0.2) is 5.13 Å². The van der Waals surface area contributed by atoms with Crippen LogP contribution in [-0.4, -0.2) is 27.9 Å². The van der Waals surface area contributed by atoms with E-state index in [9.17, 15) is 4.79 Å². The molecule has 1 aromatic carbocycles. The number of benzene rings is 1. The third-order valence-corrected chi connectivity index (χ3v) is 5.87. The van der Waals surface area contributed by atoms with Crippen LogP contribution in [0.2, 0.25) is 0 Å². The number of rotatable bonds is 4. The molecule has 0 spiro atoms. The van der Waals surface area contributed by atoms with Gasteiger partial charge in [-0.2, -0.15) is 11.8 Å². The monoisotopic (exact) mass is 321 g/mol. The first-order chi connectivity index (χ1) is 10.2. The molecule has 1 amide bonds. The lowest BCUT2D eigenvalue weighted by Crippen LogP contribution is -2.33. The minimum Gasteiger partial charge on any atom is -0.375 e. The number of hydrogen-bond donors (Lipinski definition) is 2. The minimum absolute atomic E-state index is 0.0102. The predicted molar refractivity (Wildman–Crippen MR) is 91.1 cm³/mol. The Hall–Kier alpha value is -1.27. The number of nitrogens with two attached hydrogens (primary N) is 1. The molecule has 3 rings (SSSR count). The Morgan fingerprint density at radius 1 is 1.52 bits per heavy atom.